The van der Waals surface area contributed by atoms with Gasteiger partial charge in [0.2, 0.25) is 10.0 Å². The molecule has 1 amide bonds. The Morgan fingerprint density at radius 3 is 2.57 bits per heavy atom. The summed E-state index contributed by atoms with van der Waals surface area (Å²) in [4.78, 5) is 26.4. The number of carbonyl (C=O) groups excluding carboxylic acids is 2. The molecule has 0 radical (unpaired) electrons. The third kappa shape index (κ3) is 4.91. The molecule has 1 aromatic rings. The molecule has 0 aliphatic carbocycles. The van der Waals surface area contributed by atoms with Crippen molar-refractivity contribution in [2.45, 2.75) is 43.9 Å². The molecule has 0 N–H and O–H groups in total. The maximum Gasteiger partial charge on any atom is 0.338 e. The molecule has 2 fully saturated rings. The third-order valence-electron chi connectivity index (χ3n) is 5.36. The topological polar surface area (TPSA) is 84.0 Å². The van der Waals surface area contributed by atoms with Crippen molar-refractivity contribution >= 4 is 21.9 Å². The molecule has 1 aromatic carbocycles. The fraction of sp³-hybridized carbons (Fsp3) is 0.600. The van der Waals surface area contributed by atoms with Gasteiger partial charge in [-0.3, -0.25) is 4.79 Å². The van der Waals surface area contributed by atoms with Crippen LogP contribution >= 0.6 is 0 Å². The lowest BCUT2D eigenvalue weighted by Crippen LogP contribution is -2.41. The van der Waals surface area contributed by atoms with Crippen molar-refractivity contribution in [2.24, 2.45) is 5.92 Å². The molecule has 2 aliphatic rings. The van der Waals surface area contributed by atoms with Gasteiger partial charge in [0.05, 0.1) is 10.5 Å². The van der Waals surface area contributed by atoms with Crippen LogP contribution in [0.2, 0.25) is 0 Å². The number of nitrogens with zero attached hydrogens (tertiary/aromatic N) is 2. The Morgan fingerprint density at radius 1 is 1.11 bits per heavy atom. The van der Waals surface area contributed by atoms with Gasteiger partial charge in [0.1, 0.15) is 0 Å². The molecule has 0 unspecified atom stereocenters. The molecule has 2 aliphatic heterocycles. The molecule has 7 nitrogen and oxygen atoms in total. The largest absolute Gasteiger partial charge is 0.452 e. The lowest BCUT2D eigenvalue weighted by molar-refractivity contribution is -0.136. The summed E-state index contributed by atoms with van der Waals surface area (Å²) >= 11 is 0. The van der Waals surface area contributed by atoms with E-state index < -0.39 is 16.0 Å². The van der Waals surface area contributed by atoms with Gasteiger partial charge in [-0.15, -0.1) is 0 Å². The minimum atomic E-state index is -3.62. The zero-order valence-corrected chi connectivity index (χ0v) is 17.1. The predicted molar refractivity (Wildman–Crippen MR) is 104 cm³/mol. The Labute approximate surface area is 166 Å². The average Bonchev–Trinajstić information content (AvgIpc) is 2.72. The van der Waals surface area contributed by atoms with Crippen molar-refractivity contribution in [2.75, 3.05) is 32.8 Å². The summed E-state index contributed by atoms with van der Waals surface area (Å²) in [7, 11) is -3.62. The lowest BCUT2D eigenvalue weighted by Gasteiger charge is -2.30. The molecule has 2 saturated heterocycles. The number of esters is 1. The number of rotatable bonds is 5. The van der Waals surface area contributed by atoms with E-state index in [1.165, 1.54) is 28.6 Å². The number of amides is 1. The van der Waals surface area contributed by atoms with E-state index in [1.807, 2.05) is 0 Å². The van der Waals surface area contributed by atoms with Crippen LogP contribution in [-0.2, 0) is 19.6 Å². The quantitative estimate of drug-likeness (QED) is 0.698. The molecule has 0 spiro atoms. The highest BCUT2D eigenvalue weighted by Gasteiger charge is 2.27. The van der Waals surface area contributed by atoms with Gasteiger partial charge in [0.15, 0.2) is 6.61 Å². The van der Waals surface area contributed by atoms with Gasteiger partial charge in [0, 0.05) is 26.2 Å². The molecule has 0 aromatic heterocycles. The van der Waals surface area contributed by atoms with E-state index in [0.717, 1.165) is 32.1 Å². The number of sulfonamides is 1. The summed E-state index contributed by atoms with van der Waals surface area (Å²) in [6.45, 7) is 4.14. The summed E-state index contributed by atoms with van der Waals surface area (Å²) in [6, 6.07) is 5.85. The molecular weight excluding hydrogens is 380 g/mol. The zero-order valence-electron chi connectivity index (χ0n) is 16.3. The second kappa shape index (κ2) is 9.05. The Bertz CT molecular complexity index is 818. The van der Waals surface area contributed by atoms with E-state index in [2.05, 4.69) is 6.92 Å². The molecule has 2 heterocycles. The summed E-state index contributed by atoms with van der Waals surface area (Å²) in [5.74, 6) is -0.448. The SMILES string of the molecule is C[C@@H]1CCCN(C(=O)COC(=O)c2cccc(S(=O)(=O)N3CCCCC3)c2)C1. The van der Waals surface area contributed by atoms with Crippen LogP contribution in [0, 0.1) is 5.92 Å². The molecule has 0 bridgehead atoms. The highest BCUT2D eigenvalue weighted by Crippen LogP contribution is 2.22. The second-order valence-corrected chi connectivity index (χ2v) is 9.59. The summed E-state index contributed by atoms with van der Waals surface area (Å²) < 4.78 is 32.2. The van der Waals surface area contributed by atoms with Crippen LogP contribution < -0.4 is 0 Å². The molecular formula is C20H28N2O5S. The van der Waals surface area contributed by atoms with Crippen LogP contribution in [0.1, 0.15) is 49.4 Å². The van der Waals surface area contributed by atoms with Crippen molar-refractivity contribution in [1.29, 1.82) is 0 Å². The normalized spacial score (nSPS) is 21.3. The molecule has 28 heavy (non-hydrogen) atoms. The van der Waals surface area contributed by atoms with Crippen molar-refractivity contribution in [1.82, 2.24) is 9.21 Å². The number of carbonyl (C=O) groups is 2. The maximum atomic E-state index is 12.8. The van der Waals surface area contributed by atoms with Crippen LogP contribution in [-0.4, -0.2) is 62.3 Å². The molecule has 154 valence electrons. The first-order valence-electron chi connectivity index (χ1n) is 9.93. The zero-order chi connectivity index (χ0) is 20.1. The number of ether oxygens (including phenoxy) is 1. The van der Waals surface area contributed by atoms with E-state index in [1.54, 1.807) is 4.90 Å². The van der Waals surface area contributed by atoms with Crippen LogP contribution in [0.5, 0.6) is 0 Å². The van der Waals surface area contributed by atoms with Gasteiger partial charge >= 0.3 is 5.97 Å². The van der Waals surface area contributed by atoms with Gasteiger partial charge in [-0.2, -0.15) is 4.31 Å². The highest BCUT2D eigenvalue weighted by molar-refractivity contribution is 7.89. The Kier molecular flexibility index (Phi) is 6.72. The summed E-state index contributed by atoms with van der Waals surface area (Å²) in [5, 5.41) is 0. The van der Waals surface area contributed by atoms with Crippen molar-refractivity contribution < 1.29 is 22.7 Å². The average molecular weight is 409 g/mol. The number of piperidine rings is 2. The lowest BCUT2D eigenvalue weighted by atomic mass is 10.0. The standard InChI is InChI=1S/C20H28N2O5S/c1-16-7-6-10-21(14-16)19(23)15-27-20(24)17-8-5-9-18(13-17)28(25,26)22-11-3-2-4-12-22/h5,8-9,13,16H,2-4,6-7,10-12,14-15H2,1H3/t16-/m1/s1. The van der Waals surface area contributed by atoms with E-state index in [4.69, 9.17) is 4.74 Å². The summed E-state index contributed by atoms with van der Waals surface area (Å²) in [5.41, 5.74) is 0.137. The van der Waals surface area contributed by atoms with Crippen LogP contribution in [0.15, 0.2) is 29.2 Å². The van der Waals surface area contributed by atoms with Gasteiger partial charge in [0.25, 0.3) is 5.91 Å². The van der Waals surface area contributed by atoms with Gasteiger partial charge in [-0.05, 0) is 49.8 Å². The van der Waals surface area contributed by atoms with Crippen LogP contribution in [0.3, 0.4) is 0 Å². The van der Waals surface area contributed by atoms with Crippen molar-refractivity contribution in [3.8, 4) is 0 Å². The van der Waals surface area contributed by atoms with E-state index >= 15 is 0 Å². The van der Waals surface area contributed by atoms with Gasteiger partial charge in [-0.25, -0.2) is 13.2 Å². The Morgan fingerprint density at radius 2 is 1.86 bits per heavy atom. The van der Waals surface area contributed by atoms with Crippen LogP contribution in [0.4, 0.5) is 0 Å². The first-order valence-corrected chi connectivity index (χ1v) is 11.4. The first-order chi connectivity index (χ1) is 13.4. The Balaban J connectivity index is 1.63. The van der Waals surface area contributed by atoms with Crippen molar-refractivity contribution in [3.63, 3.8) is 0 Å². The Hall–Kier alpha value is -1.93. The minimum Gasteiger partial charge on any atom is -0.452 e. The van der Waals surface area contributed by atoms with E-state index in [0.29, 0.717) is 32.1 Å². The molecule has 8 heteroatoms. The van der Waals surface area contributed by atoms with Crippen molar-refractivity contribution in [3.05, 3.63) is 29.8 Å². The number of likely N-dealkylation sites (tertiary alicyclic amines) is 1. The molecule has 3 rings (SSSR count). The predicted octanol–water partition coefficient (Wildman–Crippen LogP) is 2.28. The maximum absolute atomic E-state index is 12.8. The number of hydrogen-bond acceptors (Lipinski definition) is 5. The van der Waals surface area contributed by atoms with Crippen LogP contribution in [0.25, 0.3) is 0 Å². The monoisotopic (exact) mass is 408 g/mol. The smallest absolute Gasteiger partial charge is 0.338 e. The first kappa shape index (κ1) is 20.8. The highest BCUT2D eigenvalue weighted by atomic mass is 32.2. The second-order valence-electron chi connectivity index (χ2n) is 7.66. The van der Waals surface area contributed by atoms with Gasteiger partial charge < -0.3 is 9.64 Å². The van der Waals surface area contributed by atoms with E-state index in [9.17, 15) is 18.0 Å². The fourth-order valence-corrected chi connectivity index (χ4v) is 5.32. The third-order valence-corrected chi connectivity index (χ3v) is 7.25. The minimum absolute atomic E-state index is 0.0834. The number of benzene rings is 1. The number of hydrogen-bond donors (Lipinski definition) is 0. The molecule has 1 atom stereocenters. The van der Waals surface area contributed by atoms with Gasteiger partial charge in [-0.1, -0.05) is 19.4 Å². The summed E-state index contributed by atoms with van der Waals surface area (Å²) in [6.07, 6.45) is 4.78. The van der Waals surface area contributed by atoms with E-state index in [-0.39, 0.29) is 23.0 Å². The fourth-order valence-electron chi connectivity index (χ4n) is 3.76. The molecule has 0 saturated carbocycles.